The van der Waals surface area contributed by atoms with Gasteiger partial charge < -0.3 is 9.26 Å². The smallest absolute Gasteiger partial charge is 0.240 e. The van der Waals surface area contributed by atoms with Crippen LogP contribution in [0.2, 0.25) is 0 Å². The van der Waals surface area contributed by atoms with E-state index in [9.17, 15) is 4.79 Å². The zero-order valence-electron chi connectivity index (χ0n) is 15.0. The first-order chi connectivity index (χ1) is 11.9. The van der Waals surface area contributed by atoms with Crippen LogP contribution in [0.3, 0.4) is 0 Å². The highest BCUT2D eigenvalue weighted by atomic mass is 16.5. The molecule has 6 nitrogen and oxygen atoms in total. The van der Waals surface area contributed by atoms with Crippen molar-refractivity contribution in [1.82, 2.24) is 10.1 Å². The average molecular weight is 343 g/mol. The number of benzene rings is 1. The molecule has 1 aromatic heterocycles. The van der Waals surface area contributed by atoms with Crippen LogP contribution in [-0.2, 0) is 14.9 Å². The quantitative estimate of drug-likeness (QED) is 0.924. The van der Waals surface area contributed by atoms with Crippen LogP contribution in [0.4, 0.5) is 5.88 Å². The number of hydrogen-bond acceptors (Lipinski definition) is 5. The number of nitrogens with one attached hydrogen (secondary N) is 1. The maximum absolute atomic E-state index is 12.3. The van der Waals surface area contributed by atoms with E-state index >= 15 is 0 Å². The van der Waals surface area contributed by atoms with Gasteiger partial charge in [0.2, 0.25) is 11.8 Å². The Labute approximate surface area is 148 Å². The van der Waals surface area contributed by atoms with E-state index in [1.807, 2.05) is 39.0 Å². The number of carbonyl (C=O) groups excluding carboxylic acids is 1. The van der Waals surface area contributed by atoms with E-state index in [1.54, 1.807) is 6.07 Å². The van der Waals surface area contributed by atoms with Crippen molar-refractivity contribution in [2.75, 3.05) is 31.6 Å². The molecule has 25 heavy (non-hydrogen) atoms. The van der Waals surface area contributed by atoms with Crippen molar-refractivity contribution < 1.29 is 14.1 Å². The lowest BCUT2D eigenvalue weighted by Gasteiger charge is -2.32. The number of carbonyl (C=O) groups is 1. The number of nitrogens with zero attached hydrogens (tertiary/aromatic N) is 2. The molecule has 2 aromatic rings. The van der Waals surface area contributed by atoms with Crippen LogP contribution in [0, 0.1) is 0 Å². The van der Waals surface area contributed by atoms with Gasteiger partial charge in [-0.05, 0) is 5.56 Å². The van der Waals surface area contributed by atoms with E-state index in [4.69, 9.17) is 9.26 Å². The van der Waals surface area contributed by atoms with Gasteiger partial charge in [-0.1, -0.05) is 56.3 Å². The third-order valence-corrected chi connectivity index (χ3v) is 4.23. The normalized spacial score (nSPS) is 18.9. The minimum atomic E-state index is -0.112. The van der Waals surface area contributed by atoms with Gasteiger partial charge >= 0.3 is 0 Å². The first-order valence-electron chi connectivity index (χ1n) is 8.58. The zero-order chi connectivity index (χ0) is 17.9. The van der Waals surface area contributed by atoms with E-state index in [1.165, 1.54) is 0 Å². The number of anilines is 1. The van der Waals surface area contributed by atoms with Crippen LogP contribution in [0.1, 0.15) is 38.1 Å². The fraction of sp³-hybridized carbons (Fsp3) is 0.474. The number of ether oxygens (including phenoxy) is 1. The van der Waals surface area contributed by atoms with Crippen LogP contribution < -0.4 is 5.32 Å². The van der Waals surface area contributed by atoms with Crippen molar-refractivity contribution in [3.8, 4) is 0 Å². The number of hydrogen-bond donors (Lipinski definition) is 1. The summed E-state index contributed by atoms with van der Waals surface area (Å²) < 4.78 is 11.0. The van der Waals surface area contributed by atoms with E-state index in [0.29, 0.717) is 25.6 Å². The van der Waals surface area contributed by atoms with Crippen molar-refractivity contribution in [2.24, 2.45) is 0 Å². The molecule has 0 aliphatic carbocycles. The van der Waals surface area contributed by atoms with E-state index in [0.717, 1.165) is 17.8 Å². The SMILES string of the molecule is CC(C)(C)c1cc(NC(=O)CN2CCOC(c3ccccc3)C2)on1. The molecule has 2 heterocycles. The molecule has 1 aliphatic heterocycles. The van der Waals surface area contributed by atoms with Crippen molar-refractivity contribution in [3.63, 3.8) is 0 Å². The Hall–Kier alpha value is -2.18. The highest BCUT2D eigenvalue weighted by molar-refractivity contribution is 5.91. The Morgan fingerprint density at radius 1 is 1.32 bits per heavy atom. The molecule has 1 amide bonds. The lowest BCUT2D eigenvalue weighted by molar-refractivity contribution is -0.119. The highest BCUT2D eigenvalue weighted by Gasteiger charge is 2.24. The molecule has 1 aliphatic rings. The van der Waals surface area contributed by atoms with Crippen molar-refractivity contribution >= 4 is 11.8 Å². The Balaban J connectivity index is 1.55. The molecule has 0 spiro atoms. The molecule has 1 fully saturated rings. The van der Waals surface area contributed by atoms with Crippen molar-refractivity contribution in [1.29, 1.82) is 0 Å². The van der Waals surface area contributed by atoms with Crippen LogP contribution >= 0.6 is 0 Å². The molecule has 134 valence electrons. The van der Waals surface area contributed by atoms with Gasteiger partial charge in [0.1, 0.15) is 0 Å². The summed E-state index contributed by atoms with van der Waals surface area (Å²) in [7, 11) is 0. The minimum Gasteiger partial charge on any atom is -0.371 e. The largest absolute Gasteiger partial charge is 0.371 e. The molecular formula is C19H25N3O3. The fourth-order valence-corrected chi connectivity index (χ4v) is 2.78. The van der Waals surface area contributed by atoms with Crippen molar-refractivity contribution in [3.05, 3.63) is 47.7 Å². The summed E-state index contributed by atoms with van der Waals surface area (Å²) in [5, 5.41) is 6.80. The van der Waals surface area contributed by atoms with Gasteiger partial charge in [-0.25, -0.2) is 0 Å². The third-order valence-electron chi connectivity index (χ3n) is 4.23. The maximum atomic E-state index is 12.3. The molecule has 6 heteroatoms. The lowest BCUT2D eigenvalue weighted by atomic mass is 9.92. The first kappa shape index (κ1) is 17.6. The molecule has 1 unspecified atom stereocenters. The molecule has 1 aromatic carbocycles. The van der Waals surface area contributed by atoms with E-state index in [-0.39, 0.29) is 17.4 Å². The number of morpholine rings is 1. The van der Waals surface area contributed by atoms with Crippen LogP contribution in [0.15, 0.2) is 40.9 Å². The van der Waals surface area contributed by atoms with Gasteiger partial charge in [-0.15, -0.1) is 0 Å². The van der Waals surface area contributed by atoms with Gasteiger partial charge in [-0.3, -0.25) is 15.0 Å². The van der Waals surface area contributed by atoms with Gasteiger partial charge in [-0.2, -0.15) is 0 Å². The molecule has 1 saturated heterocycles. The minimum absolute atomic E-state index is 0.000484. The van der Waals surface area contributed by atoms with Crippen LogP contribution in [0.25, 0.3) is 0 Å². The topological polar surface area (TPSA) is 67.6 Å². The molecule has 0 radical (unpaired) electrons. The molecule has 1 N–H and O–H groups in total. The summed E-state index contributed by atoms with van der Waals surface area (Å²) >= 11 is 0. The van der Waals surface area contributed by atoms with Gasteiger partial charge in [0.25, 0.3) is 0 Å². The Morgan fingerprint density at radius 2 is 2.08 bits per heavy atom. The molecule has 3 rings (SSSR count). The Morgan fingerprint density at radius 3 is 2.76 bits per heavy atom. The van der Waals surface area contributed by atoms with Crippen molar-refractivity contribution in [2.45, 2.75) is 32.3 Å². The van der Waals surface area contributed by atoms with E-state index < -0.39 is 0 Å². The van der Waals surface area contributed by atoms with Crippen LogP contribution in [0.5, 0.6) is 0 Å². The number of rotatable bonds is 4. The fourth-order valence-electron chi connectivity index (χ4n) is 2.78. The lowest BCUT2D eigenvalue weighted by Crippen LogP contribution is -2.42. The second kappa shape index (κ2) is 7.37. The van der Waals surface area contributed by atoms with Gasteiger partial charge in [0.05, 0.1) is 24.9 Å². The third kappa shape index (κ3) is 4.67. The summed E-state index contributed by atoms with van der Waals surface area (Å²) in [6.07, 6.45) is 0.000484. The zero-order valence-corrected chi connectivity index (χ0v) is 15.0. The number of aromatic nitrogens is 1. The van der Waals surface area contributed by atoms with Gasteiger partial charge in [0.15, 0.2) is 0 Å². The average Bonchev–Trinajstić information content (AvgIpc) is 3.04. The number of amides is 1. The monoisotopic (exact) mass is 343 g/mol. The van der Waals surface area contributed by atoms with E-state index in [2.05, 4.69) is 27.5 Å². The standard InChI is InChI=1S/C19H25N3O3/c1-19(2,3)16-11-18(25-21-16)20-17(23)13-22-9-10-24-15(12-22)14-7-5-4-6-8-14/h4-8,11,15H,9-10,12-13H2,1-3H3,(H,20,23). The summed E-state index contributed by atoms with van der Waals surface area (Å²) in [6, 6.07) is 11.9. The predicted molar refractivity (Wildman–Crippen MR) is 95.4 cm³/mol. The summed E-state index contributed by atoms with van der Waals surface area (Å²) in [5.74, 6) is 0.285. The summed E-state index contributed by atoms with van der Waals surface area (Å²) in [4.78, 5) is 14.4. The Kier molecular flexibility index (Phi) is 5.20. The Bertz CT molecular complexity index is 706. The second-order valence-electron chi connectivity index (χ2n) is 7.38. The van der Waals surface area contributed by atoms with Crippen LogP contribution in [-0.4, -0.2) is 42.2 Å². The molecule has 1 atom stereocenters. The molecule has 0 saturated carbocycles. The second-order valence-corrected chi connectivity index (χ2v) is 7.38. The summed E-state index contributed by atoms with van der Waals surface area (Å²) in [5.41, 5.74) is 1.84. The van der Waals surface area contributed by atoms with Gasteiger partial charge in [0, 0.05) is 24.6 Å². The highest BCUT2D eigenvalue weighted by Crippen LogP contribution is 2.24. The predicted octanol–water partition coefficient (Wildman–Crippen LogP) is 2.98. The molecular weight excluding hydrogens is 318 g/mol. The summed E-state index contributed by atoms with van der Waals surface area (Å²) in [6.45, 7) is 8.50. The maximum Gasteiger partial charge on any atom is 0.240 e. The molecule has 0 bridgehead atoms. The first-order valence-corrected chi connectivity index (χ1v) is 8.58.